The lowest BCUT2D eigenvalue weighted by Gasteiger charge is -2.02. The predicted molar refractivity (Wildman–Crippen MR) is 50.6 cm³/mol. The van der Waals surface area contributed by atoms with Crippen LogP contribution in [0.3, 0.4) is 0 Å². The fourth-order valence-electron chi connectivity index (χ4n) is 1.06. The monoisotopic (exact) mass is 197 g/mol. The van der Waals surface area contributed by atoms with Crippen LogP contribution in [0.4, 0.5) is 0 Å². The molecule has 0 radical (unpaired) electrons. The van der Waals surface area contributed by atoms with Crippen LogP contribution in [0.1, 0.15) is 11.9 Å². The largest absolute Gasteiger partial charge is 0.330 e. The average Bonchev–Trinajstić information content (AvgIpc) is 2.63. The molecule has 5 nitrogen and oxygen atoms in total. The summed E-state index contributed by atoms with van der Waals surface area (Å²) in [7, 11) is 0. The molecule has 1 atom stereocenters. The van der Waals surface area contributed by atoms with E-state index in [1.807, 2.05) is 0 Å². The van der Waals surface area contributed by atoms with Crippen molar-refractivity contribution in [2.24, 2.45) is 11.7 Å². The Bertz CT molecular complexity index is 364. The molecular weight excluding hydrogens is 186 g/mol. The van der Waals surface area contributed by atoms with E-state index in [0.29, 0.717) is 12.5 Å². The van der Waals surface area contributed by atoms with Crippen molar-refractivity contribution in [2.75, 3.05) is 6.54 Å². The third kappa shape index (κ3) is 1.68. The lowest BCUT2D eigenvalue weighted by Crippen LogP contribution is -2.13. The Kier molecular flexibility index (Phi) is 2.24. The molecule has 0 aliphatic carbocycles. The zero-order valence-electron chi connectivity index (χ0n) is 7.34. The zero-order chi connectivity index (χ0) is 9.26. The molecule has 1 unspecified atom stereocenters. The Morgan fingerprint density at radius 1 is 1.69 bits per heavy atom. The van der Waals surface area contributed by atoms with Crippen molar-refractivity contribution < 1.29 is 0 Å². The van der Waals surface area contributed by atoms with Gasteiger partial charge in [0.1, 0.15) is 11.3 Å². The number of hydrogen-bond acceptors (Lipinski definition) is 5. The van der Waals surface area contributed by atoms with Gasteiger partial charge >= 0.3 is 0 Å². The lowest BCUT2D eigenvalue weighted by atomic mass is 10.1. The van der Waals surface area contributed by atoms with Gasteiger partial charge in [0.05, 0.1) is 0 Å². The molecule has 6 heteroatoms. The third-order valence-electron chi connectivity index (χ3n) is 1.85. The van der Waals surface area contributed by atoms with Gasteiger partial charge in [-0.2, -0.15) is 9.61 Å². The highest BCUT2D eigenvalue weighted by molar-refractivity contribution is 7.16. The fourth-order valence-corrected chi connectivity index (χ4v) is 2.04. The molecule has 0 saturated carbocycles. The van der Waals surface area contributed by atoms with Gasteiger partial charge in [-0.3, -0.25) is 0 Å². The van der Waals surface area contributed by atoms with E-state index in [4.69, 9.17) is 5.73 Å². The molecule has 0 saturated heterocycles. The van der Waals surface area contributed by atoms with Gasteiger partial charge < -0.3 is 5.73 Å². The molecule has 2 heterocycles. The first kappa shape index (κ1) is 8.58. The van der Waals surface area contributed by atoms with E-state index >= 15 is 0 Å². The van der Waals surface area contributed by atoms with Crippen LogP contribution in [0, 0.1) is 5.92 Å². The SMILES string of the molecule is CC(CN)Cc1nn2cnnc2s1. The van der Waals surface area contributed by atoms with Gasteiger partial charge in [-0.15, -0.1) is 10.2 Å². The second-order valence-electron chi connectivity index (χ2n) is 3.10. The maximum absolute atomic E-state index is 5.53. The van der Waals surface area contributed by atoms with Crippen molar-refractivity contribution in [3.63, 3.8) is 0 Å². The van der Waals surface area contributed by atoms with Crippen LogP contribution in [0.15, 0.2) is 6.33 Å². The van der Waals surface area contributed by atoms with Crippen LogP contribution < -0.4 is 5.73 Å². The highest BCUT2D eigenvalue weighted by atomic mass is 32.1. The summed E-state index contributed by atoms with van der Waals surface area (Å²) in [6, 6.07) is 0. The van der Waals surface area contributed by atoms with Crippen molar-refractivity contribution in [3.05, 3.63) is 11.3 Å². The Morgan fingerprint density at radius 2 is 2.54 bits per heavy atom. The van der Waals surface area contributed by atoms with E-state index in [1.54, 1.807) is 22.2 Å². The molecular formula is C7H11N5S. The summed E-state index contributed by atoms with van der Waals surface area (Å²) in [4.78, 5) is 0.847. The van der Waals surface area contributed by atoms with Crippen molar-refractivity contribution in [3.8, 4) is 0 Å². The normalized spacial score (nSPS) is 13.7. The van der Waals surface area contributed by atoms with E-state index in [9.17, 15) is 0 Å². The first-order valence-corrected chi connectivity index (χ1v) is 4.97. The minimum atomic E-state index is 0.476. The van der Waals surface area contributed by atoms with Crippen LogP contribution in [-0.2, 0) is 6.42 Å². The van der Waals surface area contributed by atoms with Gasteiger partial charge in [-0.1, -0.05) is 18.3 Å². The van der Waals surface area contributed by atoms with Crippen LogP contribution in [0.2, 0.25) is 0 Å². The average molecular weight is 197 g/mol. The molecule has 13 heavy (non-hydrogen) atoms. The highest BCUT2D eigenvalue weighted by Gasteiger charge is 2.08. The molecule has 0 bridgehead atoms. The van der Waals surface area contributed by atoms with Crippen molar-refractivity contribution in [1.29, 1.82) is 0 Å². The summed E-state index contributed by atoms with van der Waals surface area (Å²) in [5, 5.41) is 13.0. The van der Waals surface area contributed by atoms with Gasteiger partial charge in [0.15, 0.2) is 0 Å². The summed E-state index contributed by atoms with van der Waals surface area (Å²) in [6.07, 6.45) is 2.53. The molecule has 2 aromatic rings. The van der Waals surface area contributed by atoms with Gasteiger partial charge in [-0.25, -0.2) is 0 Å². The number of aromatic nitrogens is 4. The number of nitrogens with zero attached hydrogens (tertiary/aromatic N) is 4. The van der Waals surface area contributed by atoms with Gasteiger partial charge in [0.25, 0.3) is 0 Å². The highest BCUT2D eigenvalue weighted by Crippen LogP contribution is 2.14. The molecule has 0 aliphatic rings. The van der Waals surface area contributed by atoms with Crippen molar-refractivity contribution in [2.45, 2.75) is 13.3 Å². The number of rotatable bonds is 3. The Labute approximate surface area is 79.6 Å². The molecule has 0 amide bonds. The molecule has 0 spiro atoms. The Hall–Kier alpha value is -1.01. The second-order valence-corrected chi connectivity index (χ2v) is 4.14. The fraction of sp³-hybridized carbons (Fsp3) is 0.571. The van der Waals surface area contributed by atoms with Gasteiger partial charge in [0, 0.05) is 6.42 Å². The Morgan fingerprint density at radius 3 is 3.23 bits per heavy atom. The number of hydrogen-bond donors (Lipinski definition) is 1. The summed E-state index contributed by atoms with van der Waals surface area (Å²) < 4.78 is 1.70. The summed E-state index contributed by atoms with van der Waals surface area (Å²) in [6.45, 7) is 2.81. The summed E-state index contributed by atoms with van der Waals surface area (Å²) >= 11 is 1.57. The van der Waals surface area contributed by atoms with Crippen LogP contribution in [0.5, 0.6) is 0 Å². The van der Waals surface area contributed by atoms with Crippen LogP contribution in [-0.4, -0.2) is 26.4 Å². The smallest absolute Gasteiger partial charge is 0.234 e. The lowest BCUT2D eigenvalue weighted by molar-refractivity contribution is 0.586. The quantitative estimate of drug-likeness (QED) is 0.769. The van der Waals surface area contributed by atoms with Crippen LogP contribution >= 0.6 is 11.3 Å². The molecule has 0 aliphatic heterocycles. The summed E-state index contributed by atoms with van der Waals surface area (Å²) in [5.41, 5.74) is 5.53. The van der Waals surface area contributed by atoms with E-state index in [0.717, 1.165) is 16.4 Å². The summed E-state index contributed by atoms with van der Waals surface area (Å²) in [5.74, 6) is 0.476. The zero-order valence-corrected chi connectivity index (χ0v) is 8.16. The molecule has 2 rings (SSSR count). The van der Waals surface area contributed by atoms with E-state index in [1.165, 1.54) is 0 Å². The van der Waals surface area contributed by atoms with E-state index in [-0.39, 0.29) is 0 Å². The van der Waals surface area contributed by atoms with Gasteiger partial charge in [-0.05, 0) is 12.5 Å². The number of nitrogens with two attached hydrogens (primary N) is 1. The maximum atomic E-state index is 5.53. The second kappa shape index (κ2) is 3.39. The first-order chi connectivity index (χ1) is 6.29. The maximum Gasteiger partial charge on any atom is 0.234 e. The standard InChI is InChI=1S/C7H11N5S/c1-5(3-8)2-6-11-12-4-9-10-7(12)13-6/h4-5H,2-3,8H2,1H3. The number of fused-ring (bicyclic) bond motifs is 1. The predicted octanol–water partition coefficient (Wildman–Crippen LogP) is 0.323. The van der Waals surface area contributed by atoms with Crippen molar-refractivity contribution in [1.82, 2.24) is 19.8 Å². The minimum absolute atomic E-state index is 0.476. The molecule has 0 fully saturated rings. The van der Waals surface area contributed by atoms with Crippen molar-refractivity contribution >= 4 is 16.3 Å². The van der Waals surface area contributed by atoms with E-state index in [2.05, 4.69) is 22.2 Å². The Balaban J connectivity index is 2.20. The van der Waals surface area contributed by atoms with E-state index < -0.39 is 0 Å². The molecule has 70 valence electrons. The van der Waals surface area contributed by atoms with Crippen LogP contribution in [0.25, 0.3) is 4.96 Å². The molecule has 0 aromatic carbocycles. The third-order valence-corrected chi connectivity index (χ3v) is 2.79. The topological polar surface area (TPSA) is 69.1 Å². The first-order valence-electron chi connectivity index (χ1n) is 4.15. The minimum Gasteiger partial charge on any atom is -0.330 e. The molecule has 2 aromatic heterocycles. The van der Waals surface area contributed by atoms with Gasteiger partial charge in [0.2, 0.25) is 4.96 Å². The molecule has 2 N–H and O–H groups in total.